The molecule has 0 bridgehead atoms. The molecular formula is C19H26O5S2. The van der Waals surface area contributed by atoms with Crippen LogP contribution >= 0.6 is 24.0 Å². The second-order valence-corrected chi connectivity index (χ2v) is 8.34. The van der Waals surface area contributed by atoms with Crippen LogP contribution in [-0.4, -0.2) is 35.3 Å². The fraction of sp³-hybridized carbons (Fsp3) is 0.526. The molecule has 1 atom stereocenters. The standard InChI is InChI=1S/C19H26O5S2/c1-6-23-18(25)26-16(24-17(21)19(2,3)4)12-11-15(20)13-7-9-14(22-5)10-8-13/h7-10,16H,6,11-12H2,1-5H3. The predicted molar refractivity (Wildman–Crippen MR) is 108 cm³/mol. The lowest BCUT2D eigenvalue weighted by molar-refractivity contribution is -0.154. The molecule has 0 radical (unpaired) electrons. The molecule has 7 heteroatoms. The number of methoxy groups -OCH3 is 1. The highest BCUT2D eigenvalue weighted by Gasteiger charge is 2.28. The van der Waals surface area contributed by atoms with Gasteiger partial charge in [-0.1, -0.05) is 0 Å². The van der Waals surface area contributed by atoms with Gasteiger partial charge in [0.1, 0.15) is 5.75 Å². The number of benzene rings is 1. The Labute approximate surface area is 164 Å². The third-order valence-corrected chi connectivity index (χ3v) is 4.67. The minimum Gasteiger partial charge on any atom is -0.497 e. The minimum atomic E-state index is -0.633. The lowest BCUT2D eigenvalue weighted by atomic mass is 9.97. The summed E-state index contributed by atoms with van der Waals surface area (Å²) >= 11 is 6.28. The molecule has 0 heterocycles. The van der Waals surface area contributed by atoms with Gasteiger partial charge < -0.3 is 14.2 Å². The number of Topliss-reactive ketones (excluding diaryl/α,β-unsaturated/α-hetero) is 1. The zero-order valence-corrected chi connectivity index (χ0v) is 17.5. The van der Waals surface area contributed by atoms with Crippen LogP contribution in [0.4, 0.5) is 0 Å². The van der Waals surface area contributed by atoms with Crippen molar-refractivity contribution in [1.82, 2.24) is 0 Å². The molecule has 0 fully saturated rings. The molecule has 0 aliphatic heterocycles. The number of hydrogen-bond donors (Lipinski definition) is 0. The SMILES string of the molecule is CCOC(=S)SC(CCC(=O)c1ccc(OC)cc1)OC(=O)C(C)(C)C. The van der Waals surface area contributed by atoms with Crippen LogP contribution in [0, 0.1) is 5.41 Å². The number of ether oxygens (including phenoxy) is 3. The molecule has 0 amide bonds. The second kappa shape index (κ2) is 10.5. The zero-order chi connectivity index (χ0) is 19.7. The number of rotatable bonds is 8. The Balaban J connectivity index is 2.72. The van der Waals surface area contributed by atoms with Gasteiger partial charge in [0.05, 0.1) is 19.1 Å². The number of ketones is 1. The van der Waals surface area contributed by atoms with Crippen LogP contribution in [0.1, 0.15) is 50.9 Å². The Morgan fingerprint density at radius 2 is 1.81 bits per heavy atom. The number of esters is 1. The van der Waals surface area contributed by atoms with Gasteiger partial charge in [-0.05, 0) is 75.9 Å². The first-order valence-corrected chi connectivity index (χ1v) is 9.68. The third kappa shape index (κ3) is 7.74. The number of carbonyl (C=O) groups is 2. The average Bonchev–Trinajstić information content (AvgIpc) is 2.58. The molecule has 0 aromatic heterocycles. The van der Waals surface area contributed by atoms with Gasteiger partial charge in [-0.2, -0.15) is 0 Å². The van der Waals surface area contributed by atoms with Gasteiger partial charge >= 0.3 is 5.97 Å². The fourth-order valence-corrected chi connectivity index (χ4v) is 3.08. The van der Waals surface area contributed by atoms with Crippen LogP contribution in [0.25, 0.3) is 0 Å². The topological polar surface area (TPSA) is 61.8 Å². The molecule has 0 N–H and O–H groups in total. The Morgan fingerprint density at radius 1 is 1.19 bits per heavy atom. The van der Waals surface area contributed by atoms with Crippen molar-refractivity contribution in [3.8, 4) is 5.75 Å². The van der Waals surface area contributed by atoms with E-state index in [1.54, 1.807) is 52.1 Å². The largest absolute Gasteiger partial charge is 0.497 e. The molecule has 0 aliphatic carbocycles. The van der Waals surface area contributed by atoms with Crippen LogP contribution in [0.2, 0.25) is 0 Å². The summed E-state index contributed by atoms with van der Waals surface area (Å²) in [6.45, 7) is 7.61. The first kappa shape index (κ1) is 22.4. The number of hydrogen-bond acceptors (Lipinski definition) is 7. The van der Waals surface area contributed by atoms with E-state index in [0.717, 1.165) is 11.8 Å². The van der Waals surface area contributed by atoms with Gasteiger partial charge in [-0.3, -0.25) is 9.59 Å². The van der Waals surface area contributed by atoms with Gasteiger partial charge in [0.25, 0.3) is 0 Å². The van der Waals surface area contributed by atoms with E-state index in [9.17, 15) is 9.59 Å². The van der Waals surface area contributed by atoms with Gasteiger partial charge in [0.15, 0.2) is 11.2 Å². The van der Waals surface area contributed by atoms with Crippen molar-refractivity contribution < 1.29 is 23.8 Å². The van der Waals surface area contributed by atoms with Crippen molar-refractivity contribution in [2.45, 2.75) is 46.0 Å². The van der Waals surface area contributed by atoms with Crippen LogP contribution in [0.15, 0.2) is 24.3 Å². The Bertz CT molecular complexity index is 620. The molecule has 0 aliphatic rings. The molecule has 26 heavy (non-hydrogen) atoms. The smallest absolute Gasteiger partial charge is 0.312 e. The summed E-state index contributed by atoms with van der Waals surface area (Å²) in [6.07, 6.45) is 0.584. The van der Waals surface area contributed by atoms with Crippen molar-refractivity contribution in [2.24, 2.45) is 5.41 Å². The molecule has 0 spiro atoms. The number of thioether (sulfide) groups is 1. The summed E-state index contributed by atoms with van der Waals surface area (Å²) in [5.41, 5.74) is -0.612. The van der Waals surface area contributed by atoms with Crippen molar-refractivity contribution in [2.75, 3.05) is 13.7 Å². The van der Waals surface area contributed by atoms with Gasteiger partial charge in [-0.15, -0.1) is 0 Å². The van der Waals surface area contributed by atoms with Crippen LogP contribution in [0.3, 0.4) is 0 Å². The van der Waals surface area contributed by atoms with E-state index in [1.165, 1.54) is 0 Å². The molecule has 1 aromatic rings. The summed E-state index contributed by atoms with van der Waals surface area (Å²) in [5, 5.41) is 0. The van der Waals surface area contributed by atoms with Crippen LogP contribution in [-0.2, 0) is 14.3 Å². The van der Waals surface area contributed by atoms with E-state index in [2.05, 4.69) is 0 Å². The maximum Gasteiger partial charge on any atom is 0.312 e. The molecular weight excluding hydrogens is 372 g/mol. The van der Waals surface area contributed by atoms with E-state index >= 15 is 0 Å². The van der Waals surface area contributed by atoms with Crippen LogP contribution in [0.5, 0.6) is 5.75 Å². The molecule has 5 nitrogen and oxygen atoms in total. The molecule has 0 saturated carbocycles. The molecule has 0 saturated heterocycles. The van der Waals surface area contributed by atoms with Crippen LogP contribution < -0.4 is 4.74 Å². The zero-order valence-electron chi connectivity index (χ0n) is 15.9. The normalized spacial score (nSPS) is 12.2. The first-order valence-electron chi connectivity index (χ1n) is 8.39. The summed E-state index contributed by atoms with van der Waals surface area (Å²) in [4.78, 5) is 24.6. The number of thiocarbonyl (C=S) groups is 1. The number of carbonyl (C=O) groups excluding carboxylic acids is 2. The van der Waals surface area contributed by atoms with Crippen molar-refractivity contribution in [3.63, 3.8) is 0 Å². The highest BCUT2D eigenvalue weighted by atomic mass is 32.2. The molecule has 1 aromatic carbocycles. The first-order chi connectivity index (χ1) is 12.2. The predicted octanol–water partition coefficient (Wildman–Crippen LogP) is 4.63. The molecule has 1 unspecified atom stereocenters. The monoisotopic (exact) mass is 398 g/mol. The van der Waals surface area contributed by atoms with Gasteiger partial charge in [0, 0.05) is 18.4 Å². The summed E-state index contributed by atoms with van der Waals surface area (Å²) < 4.78 is 16.2. The highest BCUT2D eigenvalue weighted by molar-refractivity contribution is 8.22. The maximum absolute atomic E-state index is 12.4. The Kier molecular flexibility index (Phi) is 9.08. The van der Waals surface area contributed by atoms with Crippen molar-refractivity contribution in [1.29, 1.82) is 0 Å². The van der Waals surface area contributed by atoms with E-state index in [1.807, 2.05) is 6.92 Å². The molecule has 1 rings (SSSR count). The second-order valence-electron chi connectivity index (χ2n) is 6.58. The van der Waals surface area contributed by atoms with E-state index in [0.29, 0.717) is 28.7 Å². The lowest BCUT2D eigenvalue weighted by Crippen LogP contribution is -2.28. The van der Waals surface area contributed by atoms with E-state index < -0.39 is 10.9 Å². The maximum atomic E-state index is 12.4. The van der Waals surface area contributed by atoms with E-state index in [-0.39, 0.29) is 18.2 Å². The lowest BCUT2D eigenvalue weighted by Gasteiger charge is -2.23. The Morgan fingerprint density at radius 3 is 2.31 bits per heavy atom. The van der Waals surface area contributed by atoms with Crippen molar-refractivity contribution >= 4 is 40.1 Å². The summed E-state index contributed by atoms with van der Waals surface area (Å²) in [7, 11) is 1.57. The average molecular weight is 399 g/mol. The third-order valence-electron chi connectivity index (χ3n) is 3.36. The quantitative estimate of drug-likeness (QED) is 0.274. The highest BCUT2D eigenvalue weighted by Crippen LogP contribution is 2.26. The molecule has 144 valence electrons. The minimum absolute atomic E-state index is 0.0348. The summed E-state index contributed by atoms with van der Waals surface area (Å²) in [5.74, 6) is 0.315. The van der Waals surface area contributed by atoms with Crippen molar-refractivity contribution in [3.05, 3.63) is 29.8 Å². The summed E-state index contributed by atoms with van der Waals surface area (Å²) in [6, 6.07) is 6.91. The Hall–Kier alpha value is -1.60. The fourth-order valence-electron chi connectivity index (χ4n) is 1.87. The van der Waals surface area contributed by atoms with Gasteiger partial charge in [-0.25, -0.2) is 0 Å². The van der Waals surface area contributed by atoms with E-state index in [4.69, 9.17) is 26.4 Å². The van der Waals surface area contributed by atoms with Gasteiger partial charge in [0.2, 0.25) is 4.38 Å².